The number of aryl methyl sites for hydroxylation is 4. The highest BCUT2D eigenvalue weighted by molar-refractivity contribution is 5.85. The average Bonchev–Trinajstić information content (AvgIpc) is 2.60. The van der Waals surface area contributed by atoms with Crippen molar-refractivity contribution in [2.45, 2.75) is 39.5 Å². The van der Waals surface area contributed by atoms with E-state index in [1.807, 2.05) is 32.0 Å². The molecule has 0 amide bonds. The summed E-state index contributed by atoms with van der Waals surface area (Å²) in [7, 11) is 0. The van der Waals surface area contributed by atoms with Crippen LogP contribution in [0.25, 0.3) is 11.1 Å². The van der Waals surface area contributed by atoms with Crippen molar-refractivity contribution < 1.29 is 0 Å². The molecule has 0 fully saturated rings. The maximum absolute atomic E-state index is 12.2. The number of rotatable bonds is 3. The summed E-state index contributed by atoms with van der Waals surface area (Å²) in [5, 5.41) is 3.18. The van der Waals surface area contributed by atoms with Crippen LogP contribution in [-0.2, 0) is 12.8 Å². The molecule has 3 heteroatoms. The maximum atomic E-state index is 12.2. The second kappa shape index (κ2) is 5.99. The number of hydrogen-bond acceptors (Lipinski definition) is 3. The first kappa shape index (κ1) is 15.8. The van der Waals surface area contributed by atoms with Gasteiger partial charge in [-0.3, -0.25) is 9.59 Å². The highest BCUT2D eigenvalue weighted by atomic mass is 16.2. The molecule has 0 saturated heterocycles. The van der Waals surface area contributed by atoms with Crippen LogP contribution in [0.1, 0.15) is 35.1 Å². The Morgan fingerprint density at radius 1 is 0.800 bits per heavy atom. The minimum atomic E-state index is -0.424. The van der Waals surface area contributed by atoms with Gasteiger partial charge < -0.3 is 5.32 Å². The molecule has 0 spiro atoms. The molecule has 0 unspecified atom stereocenters. The molecule has 3 aromatic rings. The van der Waals surface area contributed by atoms with Crippen molar-refractivity contribution in [1.29, 1.82) is 0 Å². The Morgan fingerprint density at radius 2 is 1.48 bits per heavy atom. The van der Waals surface area contributed by atoms with Crippen molar-refractivity contribution in [2.75, 3.05) is 5.32 Å². The van der Waals surface area contributed by atoms with E-state index < -0.39 is 5.43 Å². The third-order valence-corrected chi connectivity index (χ3v) is 5.04. The lowest BCUT2D eigenvalue weighted by atomic mass is 9.88. The van der Waals surface area contributed by atoms with Gasteiger partial charge in [0, 0.05) is 5.69 Å². The van der Waals surface area contributed by atoms with Gasteiger partial charge >= 0.3 is 0 Å². The molecule has 0 radical (unpaired) electrons. The van der Waals surface area contributed by atoms with Crippen molar-refractivity contribution in [1.82, 2.24) is 0 Å². The van der Waals surface area contributed by atoms with Gasteiger partial charge in [-0.25, -0.2) is 0 Å². The standard InChI is InChI=1S/C22H21NO2/c1-13-9-14(2)11-18(10-13)23-20-19(21(24)22(20)25)17-8-7-15-5-3-4-6-16(15)12-17/h7-12,23H,3-6H2,1-2H3. The van der Waals surface area contributed by atoms with E-state index in [2.05, 4.69) is 23.5 Å². The lowest BCUT2D eigenvalue weighted by Crippen LogP contribution is -2.35. The third-order valence-electron chi connectivity index (χ3n) is 5.04. The van der Waals surface area contributed by atoms with E-state index in [9.17, 15) is 9.59 Å². The molecule has 1 aliphatic carbocycles. The minimum absolute atomic E-state index is 0.386. The number of nitrogens with one attached hydrogen (secondary N) is 1. The Morgan fingerprint density at radius 3 is 2.20 bits per heavy atom. The molecule has 3 aromatic carbocycles. The van der Waals surface area contributed by atoms with E-state index >= 15 is 0 Å². The molecule has 126 valence electrons. The molecule has 0 atom stereocenters. The van der Waals surface area contributed by atoms with Gasteiger partial charge in [0.05, 0.1) is 5.56 Å². The summed E-state index contributed by atoms with van der Waals surface area (Å²) in [5.74, 6) is 0. The quantitative estimate of drug-likeness (QED) is 0.732. The molecule has 0 saturated carbocycles. The van der Waals surface area contributed by atoms with Crippen LogP contribution in [0, 0.1) is 13.8 Å². The zero-order valence-electron chi connectivity index (χ0n) is 14.6. The Kier molecular flexibility index (Phi) is 3.79. The van der Waals surface area contributed by atoms with Gasteiger partial charge in [0.25, 0.3) is 5.43 Å². The molecule has 0 bridgehead atoms. The largest absolute Gasteiger partial charge is 0.352 e. The minimum Gasteiger partial charge on any atom is -0.352 e. The molecule has 3 nitrogen and oxygen atoms in total. The molecule has 0 aromatic heterocycles. The fourth-order valence-corrected chi connectivity index (χ4v) is 3.87. The Labute approximate surface area is 147 Å². The first-order chi connectivity index (χ1) is 12.0. The lowest BCUT2D eigenvalue weighted by Gasteiger charge is -2.19. The molecule has 0 heterocycles. The normalized spacial score (nSPS) is 13.7. The number of benzene rings is 2. The fraction of sp³-hybridized carbons (Fsp3) is 0.273. The van der Waals surface area contributed by atoms with Crippen LogP contribution in [0.15, 0.2) is 46.0 Å². The van der Waals surface area contributed by atoms with Gasteiger partial charge in [-0.05, 0) is 79.5 Å². The smallest absolute Gasteiger partial charge is 0.250 e. The third kappa shape index (κ3) is 2.80. The van der Waals surface area contributed by atoms with E-state index in [0.29, 0.717) is 11.3 Å². The highest BCUT2D eigenvalue weighted by Gasteiger charge is 2.23. The van der Waals surface area contributed by atoms with Crippen LogP contribution in [0.4, 0.5) is 11.4 Å². The van der Waals surface area contributed by atoms with Crippen LogP contribution in [0.2, 0.25) is 0 Å². The monoisotopic (exact) mass is 331 g/mol. The van der Waals surface area contributed by atoms with Gasteiger partial charge in [0.2, 0.25) is 5.43 Å². The zero-order valence-corrected chi connectivity index (χ0v) is 14.6. The Hall–Kier alpha value is -2.68. The topological polar surface area (TPSA) is 46.2 Å². The van der Waals surface area contributed by atoms with Crippen molar-refractivity contribution in [2.24, 2.45) is 0 Å². The van der Waals surface area contributed by atoms with Crippen molar-refractivity contribution in [3.8, 4) is 11.1 Å². The summed E-state index contributed by atoms with van der Waals surface area (Å²) in [6, 6.07) is 12.2. The average molecular weight is 331 g/mol. The Balaban J connectivity index is 1.74. The summed E-state index contributed by atoms with van der Waals surface area (Å²) >= 11 is 0. The van der Waals surface area contributed by atoms with Gasteiger partial charge in [0.1, 0.15) is 5.69 Å². The van der Waals surface area contributed by atoms with Crippen molar-refractivity contribution in [3.05, 3.63) is 79.1 Å². The predicted molar refractivity (Wildman–Crippen MR) is 103 cm³/mol. The molecule has 4 rings (SSSR count). The zero-order chi connectivity index (χ0) is 17.6. The van der Waals surface area contributed by atoms with E-state index in [1.165, 1.54) is 24.0 Å². The van der Waals surface area contributed by atoms with E-state index in [4.69, 9.17) is 0 Å². The fourth-order valence-electron chi connectivity index (χ4n) is 3.87. The van der Waals surface area contributed by atoms with Crippen LogP contribution in [0.3, 0.4) is 0 Å². The van der Waals surface area contributed by atoms with Crippen molar-refractivity contribution >= 4 is 11.4 Å². The molecule has 25 heavy (non-hydrogen) atoms. The first-order valence-electron chi connectivity index (χ1n) is 8.84. The van der Waals surface area contributed by atoms with Gasteiger partial charge in [0.15, 0.2) is 0 Å². The molecule has 1 N–H and O–H groups in total. The SMILES string of the molecule is Cc1cc(C)cc(Nc2c(-c3ccc4c(c3)CCCC4)c(=O)c2=O)c1. The van der Waals surface area contributed by atoms with Crippen molar-refractivity contribution in [3.63, 3.8) is 0 Å². The first-order valence-corrected chi connectivity index (χ1v) is 8.84. The highest BCUT2D eigenvalue weighted by Crippen LogP contribution is 2.31. The van der Waals surface area contributed by atoms with Crippen LogP contribution >= 0.6 is 0 Å². The maximum Gasteiger partial charge on any atom is 0.250 e. The van der Waals surface area contributed by atoms with E-state index in [0.717, 1.165) is 35.2 Å². The number of hydrogen-bond donors (Lipinski definition) is 1. The summed E-state index contributed by atoms with van der Waals surface area (Å²) < 4.78 is 0. The van der Waals surface area contributed by atoms with Crippen LogP contribution < -0.4 is 16.2 Å². The van der Waals surface area contributed by atoms with Gasteiger partial charge in [-0.15, -0.1) is 0 Å². The van der Waals surface area contributed by atoms with Crippen LogP contribution in [-0.4, -0.2) is 0 Å². The van der Waals surface area contributed by atoms with Crippen LogP contribution in [0.5, 0.6) is 0 Å². The number of anilines is 2. The predicted octanol–water partition coefficient (Wildman–Crippen LogP) is 4.19. The molecule has 1 aliphatic rings. The van der Waals surface area contributed by atoms with Gasteiger partial charge in [-0.1, -0.05) is 24.3 Å². The summed E-state index contributed by atoms with van der Waals surface area (Å²) in [5.41, 5.74) is 6.78. The summed E-state index contributed by atoms with van der Waals surface area (Å²) in [4.78, 5) is 24.4. The second-order valence-corrected chi connectivity index (χ2v) is 7.10. The van der Waals surface area contributed by atoms with Gasteiger partial charge in [-0.2, -0.15) is 0 Å². The summed E-state index contributed by atoms with van der Waals surface area (Å²) in [6.45, 7) is 4.04. The van der Waals surface area contributed by atoms with E-state index in [1.54, 1.807) is 0 Å². The second-order valence-electron chi connectivity index (χ2n) is 7.10. The van der Waals surface area contributed by atoms with E-state index in [-0.39, 0.29) is 5.43 Å². The Bertz CT molecular complexity index is 1020. The molecular weight excluding hydrogens is 310 g/mol. The molecule has 0 aliphatic heterocycles. The summed E-state index contributed by atoms with van der Waals surface area (Å²) in [6.07, 6.45) is 4.58. The number of fused-ring (bicyclic) bond motifs is 1. The molecular formula is C22H21NO2. The lowest BCUT2D eigenvalue weighted by molar-refractivity contribution is 0.686.